The first-order valence-electron chi connectivity index (χ1n) is 22.5. The molecule has 11 nitrogen and oxygen atoms in total. The van der Waals surface area contributed by atoms with E-state index in [2.05, 4.69) is 69.3 Å². The zero-order valence-electron chi connectivity index (χ0n) is 36.7. The van der Waals surface area contributed by atoms with Gasteiger partial charge in [0.2, 0.25) is 11.8 Å². The third-order valence-electron chi connectivity index (χ3n) is 13.1. The maximum Gasteiger partial charge on any atom is 0.238 e. The molecule has 2 bridgehead atoms. The predicted molar refractivity (Wildman–Crippen MR) is 241 cm³/mol. The molecule has 0 saturated carbocycles. The summed E-state index contributed by atoms with van der Waals surface area (Å²) in [5, 5.41) is 21.1. The highest BCUT2D eigenvalue weighted by Crippen LogP contribution is 2.61. The molecule has 2 heterocycles. The summed E-state index contributed by atoms with van der Waals surface area (Å²) in [6.45, 7) is 9.05. The topological polar surface area (TPSA) is 137 Å². The minimum atomic E-state index is -0.846. The molecule has 2 saturated heterocycles. The minimum absolute atomic E-state index is 0.0345. The van der Waals surface area contributed by atoms with Crippen LogP contribution in [0.2, 0.25) is 0 Å². The number of nitrogens with zero attached hydrogens (tertiary/aromatic N) is 1. The molecule has 5 aromatic carbocycles. The van der Waals surface area contributed by atoms with Crippen LogP contribution >= 0.6 is 0 Å². The van der Waals surface area contributed by atoms with Crippen LogP contribution in [0.15, 0.2) is 115 Å². The Labute approximate surface area is 374 Å². The second-order valence-electron chi connectivity index (χ2n) is 18.0. The Hall–Kier alpha value is -5.56. The Morgan fingerprint density at radius 2 is 1.11 bits per heavy atom. The number of hydrogen-bond acceptors (Lipinski definition) is 10. The number of amides is 2. The fourth-order valence-electron chi connectivity index (χ4n) is 9.53. The van der Waals surface area contributed by atoms with Crippen molar-refractivity contribution in [2.75, 3.05) is 57.8 Å². The van der Waals surface area contributed by atoms with Crippen molar-refractivity contribution < 1.29 is 48.2 Å². The Kier molecular flexibility index (Phi) is 12.9. The molecule has 5 aliphatic rings. The van der Waals surface area contributed by atoms with E-state index < -0.39 is 24.0 Å². The second kappa shape index (κ2) is 18.9. The standard InChI is InChI=1S/C53H57NO10/c1-33-10-12-34(13-11-33)53(2,3)35-14-18-39(19-15-35)61-29-37(55)27-59-24-6-7-25-60-28-38(56)30-62-41-22-23-45-46(26-41)48-44-9-5-4-8-43(44)47(45)49-50(48)52(58)54(51(49)57)36-16-20-40(21-17-36)63-31-42-32-64-42/h4-5,8-23,26,37-38,42,47-50,55-56H,6-7,24-25,27-32H2,1-3H3. The Bertz CT molecular complexity index is 2410. The van der Waals surface area contributed by atoms with Crippen LogP contribution in [0.4, 0.5) is 5.69 Å². The number of benzene rings is 5. The number of carbonyl (C=O) groups excluding carboxylic acids is 2. The van der Waals surface area contributed by atoms with Crippen LogP contribution in [-0.4, -0.2) is 93.2 Å². The number of ether oxygens (including phenoxy) is 6. The van der Waals surface area contributed by atoms with Crippen molar-refractivity contribution in [3.05, 3.63) is 154 Å². The zero-order chi connectivity index (χ0) is 44.4. The van der Waals surface area contributed by atoms with E-state index in [0.717, 1.165) is 35.1 Å². The minimum Gasteiger partial charge on any atom is -0.491 e. The van der Waals surface area contributed by atoms with Crippen LogP contribution in [0.5, 0.6) is 17.2 Å². The van der Waals surface area contributed by atoms with Gasteiger partial charge in [0.05, 0.1) is 37.3 Å². The van der Waals surface area contributed by atoms with Gasteiger partial charge in [0.1, 0.15) is 55.4 Å². The third kappa shape index (κ3) is 9.18. The zero-order valence-corrected chi connectivity index (χ0v) is 36.7. The third-order valence-corrected chi connectivity index (χ3v) is 13.1. The maximum absolute atomic E-state index is 14.3. The van der Waals surface area contributed by atoms with E-state index in [0.29, 0.717) is 49.4 Å². The summed E-state index contributed by atoms with van der Waals surface area (Å²) in [4.78, 5) is 29.9. The van der Waals surface area contributed by atoms with Gasteiger partial charge in [0.25, 0.3) is 0 Å². The van der Waals surface area contributed by atoms with Gasteiger partial charge in [-0.1, -0.05) is 86.1 Å². The van der Waals surface area contributed by atoms with Gasteiger partial charge in [0, 0.05) is 30.5 Å². The van der Waals surface area contributed by atoms with Crippen molar-refractivity contribution in [3.8, 4) is 17.2 Å². The van der Waals surface area contributed by atoms with Crippen LogP contribution in [-0.2, 0) is 29.2 Å². The lowest BCUT2D eigenvalue weighted by molar-refractivity contribution is -0.122. The fraction of sp³-hybridized carbons (Fsp3) is 0.396. The molecule has 11 heteroatoms. The van der Waals surface area contributed by atoms with Crippen molar-refractivity contribution in [2.45, 2.75) is 69.2 Å². The largest absolute Gasteiger partial charge is 0.491 e. The van der Waals surface area contributed by atoms with E-state index in [1.165, 1.54) is 21.6 Å². The molecule has 2 aliphatic heterocycles. The summed E-state index contributed by atoms with van der Waals surface area (Å²) in [5.41, 5.74) is 8.22. The molecular formula is C53H57NO10. The highest BCUT2D eigenvalue weighted by atomic mass is 16.6. The summed E-state index contributed by atoms with van der Waals surface area (Å²) in [6.07, 6.45) is 0.0000440. The number of aryl methyl sites for hydroxylation is 1. The van der Waals surface area contributed by atoms with Crippen LogP contribution in [0, 0.1) is 18.8 Å². The highest BCUT2D eigenvalue weighted by molar-refractivity contribution is 6.23. The lowest BCUT2D eigenvalue weighted by Gasteiger charge is -2.46. The molecule has 0 spiro atoms. The van der Waals surface area contributed by atoms with Gasteiger partial charge in [0.15, 0.2) is 0 Å². The van der Waals surface area contributed by atoms with Crippen LogP contribution in [0.3, 0.4) is 0 Å². The van der Waals surface area contributed by atoms with E-state index in [1.54, 1.807) is 24.3 Å². The number of imide groups is 1. The van der Waals surface area contributed by atoms with Gasteiger partial charge in [-0.15, -0.1) is 0 Å². The van der Waals surface area contributed by atoms with Crippen LogP contribution < -0.4 is 19.1 Å². The number of aliphatic hydroxyl groups excluding tert-OH is 2. The molecule has 2 fully saturated rings. The first-order chi connectivity index (χ1) is 31.1. The summed E-state index contributed by atoms with van der Waals surface area (Å²) in [6, 6.07) is 37.7. The predicted octanol–water partition coefficient (Wildman–Crippen LogP) is 7.49. The fourth-order valence-corrected chi connectivity index (χ4v) is 9.53. The quantitative estimate of drug-likeness (QED) is 0.0434. The molecule has 5 aromatic rings. The highest BCUT2D eigenvalue weighted by Gasteiger charge is 2.62. The van der Waals surface area contributed by atoms with E-state index >= 15 is 0 Å². The van der Waals surface area contributed by atoms with Crippen molar-refractivity contribution in [2.24, 2.45) is 11.8 Å². The molecule has 7 atom stereocenters. The Morgan fingerprint density at radius 1 is 0.625 bits per heavy atom. The number of aliphatic hydroxyl groups is 2. The molecule has 3 aliphatic carbocycles. The van der Waals surface area contributed by atoms with Crippen molar-refractivity contribution in [1.82, 2.24) is 0 Å². The van der Waals surface area contributed by atoms with Crippen LogP contribution in [0.1, 0.15) is 77.5 Å². The second-order valence-corrected chi connectivity index (χ2v) is 18.0. The maximum atomic E-state index is 14.3. The number of hydrogen-bond donors (Lipinski definition) is 2. The number of unbranched alkanes of at least 4 members (excludes halogenated alkanes) is 1. The first-order valence-corrected chi connectivity index (χ1v) is 22.5. The van der Waals surface area contributed by atoms with Gasteiger partial charge < -0.3 is 38.6 Å². The summed E-state index contributed by atoms with van der Waals surface area (Å²) in [5.74, 6) is -0.0696. The number of carbonyl (C=O) groups is 2. The van der Waals surface area contributed by atoms with Crippen molar-refractivity contribution >= 4 is 17.5 Å². The molecular weight excluding hydrogens is 811 g/mol. The molecule has 0 radical (unpaired) electrons. The molecule has 7 unspecified atom stereocenters. The summed E-state index contributed by atoms with van der Waals surface area (Å²) >= 11 is 0. The smallest absolute Gasteiger partial charge is 0.238 e. The molecule has 0 aromatic heterocycles. The average molecular weight is 868 g/mol. The SMILES string of the molecule is Cc1ccc(C(C)(C)c2ccc(OCC(O)COCCCCOCC(O)COc3ccc4c(c3)C3c5ccccc5C4C4C(=O)N(c5ccc(OCC6CO6)cc5)C(=O)C34)cc2)cc1. The van der Waals surface area contributed by atoms with Gasteiger partial charge in [-0.25, -0.2) is 4.90 Å². The van der Waals surface area contributed by atoms with Gasteiger partial charge >= 0.3 is 0 Å². The number of anilines is 1. The molecule has 2 amide bonds. The Balaban J connectivity index is 0.699. The van der Waals surface area contributed by atoms with E-state index in [1.807, 2.05) is 42.5 Å². The van der Waals surface area contributed by atoms with E-state index in [-0.39, 0.29) is 61.6 Å². The molecule has 64 heavy (non-hydrogen) atoms. The summed E-state index contributed by atoms with van der Waals surface area (Å²) < 4.78 is 34.3. The normalized spacial score (nSPS) is 21.5. The molecule has 2 N–H and O–H groups in total. The average Bonchev–Trinajstić information content (AvgIpc) is 4.11. The monoisotopic (exact) mass is 867 g/mol. The first kappa shape index (κ1) is 43.7. The van der Waals surface area contributed by atoms with E-state index in [4.69, 9.17) is 28.4 Å². The van der Waals surface area contributed by atoms with Crippen molar-refractivity contribution in [3.63, 3.8) is 0 Å². The molecule has 10 rings (SSSR count). The van der Waals surface area contributed by atoms with Gasteiger partial charge in [-0.05, 0) is 102 Å². The number of epoxide rings is 1. The van der Waals surface area contributed by atoms with Crippen LogP contribution in [0.25, 0.3) is 0 Å². The lowest BCUT2D eigenvalue weighted by Crippen LogP contribution is -2.41. The molecule has 334 valence electrons. The van der Waals surface area contributed by atoms with Gasteiger partial charge in [-0.3, -0.25) is 9.59 Å². The number of rotatable bonds is 21. The summed E-state index contributed by atoms with van der Waals surface area (Å²) in [7, 11) is 0. The van der Waals surface area contributed by atoms with Crippen molar-refractivity contribution in [1.29, 1.82) is 0 Å². The van der Waals surface area contributed by atoms with E-state index in [9.17, 15) is 19.8 Å². The lowest BCUT2D eigenvalue weighted by atomic mass is 9.55. The van der Waals surface area contributed by atoms with Gasteiger partial charge in [-0.2, -0.15) is 0 Å². The Morgan fingerprint density at radius 3 is 1.69 bits per heavy atom.